The molecule has 0 amide bonds. The topological polar surface area (TPSA) is 75.1 Å². The van der Waals surface area contributed by atoms with Gasteiger partial charge in [-0.05, 0) is 12.8 Å². The molecule has 0 spiro atoms. The number of nitrogens with one attached hydrogen (secondary N) is 1. The molecular formula is C11H14ClN3O2. The number of anilines is 1. The van der Waals surface area contributed by atoms with Crippen LogP contribution in [0, 0.1) is 0 Å². The SMILES string of the molecule is O=Cc1c(Cl)ncnc1NC1(CO)CCCC1. The summed E-state index contributed by atoms with van der Waals surface area (Å²) in [5.41, 5.74) is -0.135. The van der Waals surface area contributed by atoms with Gasteiger partial charge in [-0.25, -0.2) is 9.97 Å². The van der Waals surface area contributed by atoms with Gasteiger partial charge in [0.1, 0.15) is 17.3 Å². The summed E-state index contributed by atoms with van der Waals surface area (Å²) in [5, 5.41) is 12.8. The number of hydrogen-bond acceptors (Lipinski definition) is 5. The van der Waals surface area contributed by atoms with Crippen LogP contribution in [0.5, 0.6) is 0 Å². The third-order valence-corrected chi connectivity index (χ3v) is 3.50. The van der Waals surface area contributed by atoms with Crippen LogP contribution in [0.25, 0.3) is 0 Å². The van der Waals surface area contributed by atoms with E-state index in [0.29, 0.717) is 12.1 Å². The first-order valence-corrected chi connectivity index (χ1v) is 5.93. The fourth-order valence-corrected chi connectivity index (χ4v) is 2.38. The van der Waals surface area contributed by atoms with Crippen LogP contribution in [-0.2, 0) is 0 Å². The maximum atomic E-state index is 10.9. The van der Waals surface area contributed by atoms with Crippen molar-refractivity contribution >= 4 is 23.7 Å². The van der Waals surface area contributed by atoms with Crippen molar-refractivity contribution in [3.8, 4) is 0 Å². The van der Waals surface area contributed by atoms with Gasteiger partial charge in [-0.1, -0.05) is 24.4 Å². The van der Waals surface area contributed by atoms with Crippen LogP contribution in [-0.4, -0.2) is 33.5 Å². The Hall–Kier alpha value is -1.20. The minimum Gasteiger partial charge on any atom is -0.394 e. The number of hydrogen-bond donors (Lipinski definition) is 2. The zero-order valence-corrected chi connectivity index (χ0v) is 10.1. The Morgan fingerprint density at radius 3 is 2.76 bits per heavy atom. The highest BCUT2D eigenvalue weighted by molar-refractivity contribution is 6.32. The third kappa shape index (κ3) is 2.40. The van der Waals surface area contributed by atoms with Crippen molar-refractivity contribution in [1.29, 1.82) is 0 Å². The van der Waals surface area contributed by atoms with Gasteiger partial charge < -0.3 is 10.4 Å². The largest absolute Gasteiger partial charge is 0.394 e. The van der Waals surface area contributed by atoms with Crippen molar-refractivity contribution in [2.24, 2.45) is 0 Å². The van der Waals surface area contributed by atoms with E-state index in [1.54, 1.807) is 0 Å². The summed E-state index contributed by atoms with van der Waals surface area (Å²) in [6.45, 7) is 0.0208. The number of carbonyl (C=O) groups is 1. The van der Waals surface area contributed by atoms with Gasteiger partial charge in [0.15, 0.2) is 6.29 Å². The summed E-state index contributed by atoms with van der Waals surface area (Å²) in [6, 6.07) is 0. The Balaban J connectivity index is 2.29. The first kappa shape index (κ1) is 12.3. The molecule has 0 saturated heterocycles. The lowest BCUT2D eigenvalue weighted by Gasteiger charge is -2.29. The van der Waals surface area contributed by atoms with Crippen LogP contribution in [0.1, 0.15) is 36.0 Å². The molecule has 1 aromatic heterocycles. The molecule has 1 heterocycles. The number of rotatable bonds is 4. The van der Waals surface area contributed by atoms with E-state index in [-0.39, 0.29) is 22.9 Å². The molecule has 2 N–H and O–H groups in total. The van der Waals surface area contributed by atoms with E-state index in [9.17, 15) is 9.90 Å². The summed E-state index contributed by atoms with van der Waals surface area (Å²) >= 11 is 5.82. The number of aliphatic hydroxyl groups is 1. The lowest BCUT2D eigenvalue weighted by Crippen LogP contribution is -2.39. The van der Waals surface area contributed by atoms with Crippen LogP contribution in [0.15, 0.2) is 6.33 Å². The second-order valence-corrected chi connectivity index (χ2v) is 4.67. The Kier molecular flexibility index (Phi) is 3.59. The maximum Gasteiger partial charge on any atom is 0.156 e. The summed E-state index contributed by atoms with van der Waals surface area (Å²) < 4.78 is 0. The Morgan fingerprint density at radius 1 is 1.47 bits per heavy atom. The third-order valence-electron chi connectivity index (χ3n) is 3.20. The molecule has 0 aromatic carbocycles. The molecule has 92 valence electrons. The minimum absolute atomic E-state index is 0.0208. The molecule has 1 aromatic rings. The van der Waals surface area contributed by atoms with E-state index in [0.717, 1.165) is 25.7 Å². The second-order valence-electron chi connectivity index (χ2n) is 4.32. The normalized spacial score (nSPS) is 18.0. The second kappa shape index (κ2) is 4.98. The number of aromatic nitrogens is 2. The zero-order valence-electron chi connectivity index (χ0n) is 9.32. The zero-order chi connectivity index (χ0) is 12.3. The Labute approximate surface area is 104 Å². The molecule has 1 fully saturated rings. The first-order valence-electron chi connectivity index (χ1n) is 5.55. The van der Waals surface area contributed by atoms with Crippen LogP contribution in [0.3, 0.4) is 0 Å². The van der Waals surface area contributed by atoms with Crippen LogP contribution < -0.4 is 5.32 Å². The van der Waals surface area contributed by atoms with Crippen molar-refractivity contribution in [3.63, 3.8) is 0 Å². The van der Waals surface area contributed by atoms with Gasteiger partial charge in [-0.3, -0.25) is 4.79 Å². The first-order chi connectivity index (χ1) is 8.21. The molecule has 0 radical (unpaired) electrons. The highest BCUT2D eigenvalue weighted by atomic mass is 35.5. The summed E-state index contributed by atoms with van der Waals surface area (Å²) in [5.74, 6) is 0.399. The monoisotopic (exact) mass is 255 g/mol. The molecule has 1 aliphatic carbocycles. The lowest BCUT2D eigenvalue weighted by atomic mass is 9.99. The fourth-order valence-electron chi connectivity index (χ4n) is 2.20. The predicted octanol–water partition coefficient (Wildman–Crippen LogP) is 1.66. The minimum atomic E-state index is -0.380. The molecule has 17 heavy (non-hydrogen) atoms. The Bertz CT molecular complexity index is 419. The summed E-state index contributed by atoms with van der Waals surface area (Å²) in [4.78, 5) is 18.7. The van der Waals surface area contributed by atoms with E-state index >= 15 is 0 Å². The molecule has 2 rings (SSSR count). The van der Waals surface area contributed by atoms with Gasteiger partial charge in [0.05, 0.1) is 17.7 Å². The highest BCUT2D eigenvalue weighted by Gasteiger charge is 2.34. The number of aldehydes is 1. The number of halogens is 1. The molecule has 0 unspecified atom stereocenters. The van der Waals surface area contributed by atoms with E-state index in [1.807, 2.05) is 0 Å². The van der Waals surface area contributed by atoms with Gasteiger partial charge in [-0.15, -0.1) is 0 Å². The van der Waals surface area contributed by atoms with E-state index in [4.69, 9.17) is 11.6 Å². The van der Waals surface area contributed by atoms with Crippen molar-refractivity contribution in [2.75, 3.05) is 11.9 Å². The van der Waals surface area contributed by atoms with Crippen LogP contribution >= 0.6 is 11.6 Å². The summed E-state index contributed by atoms with van der Waals surface area (Å²) in [7, 11) is 0. The highest BCUT2D eigenvalue weighted by Crippen LogP contribution is 2.33. The fraction of sp³-hybridized carbons (Fsp3) is 0.545. The van der Waals surface area contributed by atoms with Gasteiger partial charge in [0.2, 0.25) is 0 Å². The Morgan fingerprint density at radius 2 is 2.18 bits per heavy atom. The molecule has 1 saturated carbocycles. The molecule has 5 nitrogen and oxygen atoms in total. The van der Waals surface area contributed by atoms with Gasteiger partial charge in [0.25, 0.3) is 0 Å². The predicted molar refractivity (Wildman–Crippen MR) is 64.3 cm³/mol. The lowest BCUT2D eigenvalue weighted by molar-refractivity contribution is 0.112. The molecule has 0 aliphatic heterocycles. The average Bonchev–Trinajstić information content (AvgIpc) is 2.79. The van der Waals surface area contributed by atoms with Crippen molar-refractivity contribution < 1.29 is 9.90 Å². The number of aliphatic hydroxyl groups excluding tert-OH is 1. The van der Waals surface area contributed by atoms with Gasteiger partial charge >= 0.3 is 0 Å². The maximum absolute atomic E-state index is 10.9. The van der Waals surface area contributed by atoms with Gasteiger partial charge in [-0.2, -0.15) is 0 Å². The van der Waals surface area contributed by atoms with Crippen LogP contribution in [0.4, 0.5) is 5.82 Å². The van der Waals surface area contributed by atoms with Crippen molar-refractivity contribution in [3.05, 3.63) is 17.0 Å². The number of nitrogens with zero attached hydrogens (tertiary/aromatic N) is 2. The van der Waals surface area contributed by atoms with E-state index in [1.165, 1.54) is 6.33 Å². The average molecular weight is 256 g/mol. The quantitative estimate of drug-likeness (QED) is 0.632. The molecular weight excluding hydrogens is 242 g/mol. The molecule has 0 bridgehead atoms. The smallest absolute Gasteiger partial charge is 0.156 e. The molecule has 1 aliphatic rings. The van der Waals surface area contributed by atoms with E-state index in [2.05, 4.69) is 15.3 Å². The van der Waals surface area contributed by atoms with E-state index < -0.39 is 0 Å². The number of carbonyl (C=O) groups excluding carboxylic acids is 1. The van der Waals surface area contributed by atoms with Gasteiger partial charge in [0, 0.05) is 0 Å². The van der Waals surface area contributed by atoms with Crippen molar-refractivity contribution in [1.82, 2.24) is 9.97 Å². The molecule has 6 heteroatoms. The molecule has 0 atom stereocenters. The van der Waals surface area contributed by atoms with Crippen LogP contribution in [0.2, 0.25) is 5.15 Å². The van der Waals surface area contributed by atoms with Crippen molar-refractivity contribution in [2.45, 2.75) is 31.2 Å². The summed E-state index contributed by atoms with van der Waals surface area (Å²) in [6.07, 6.45) is 5.78. The standard InChI is InChI=1S/C11H14ClN3O2/c12-9-8(5-16)10(14-7-13-9)15-11(6-17)3-1-2-4-11/h5,7,17H,1-4,6H2,(H,13,14,15).